The van der Waals surface area contributed by atoms with E-state index in [4.69, 9.17) is 0 Å². The molecule has 18 heavy (non-hydrogen) atoms. The lowest BCUT2D eigenvalue weighted by molar-refractivity contribution is 0.0938. The number of aromatic hydroxyl groups is 1. The normalized spacial score (nSPS) is 11.1. The van der Waals surface area contributed by atoms with Gasteiger partial charge in [0.2, 0.25) is 6.43 Å². The molecule has 0 atom stereocenters. The first kappa shape index (κ1) is 14.3. The first-order valence-corrected chi connectivity index (χ1v) is 5.41. The number of carbonyl (C=O) groups excluding carboxylic acids is 1. The summed E-state index contributed by atoms with van der Waals surface area (Å²) >= 11 is 0. The highest BCUT2D eigenvalue weighted by Crippen LogP contribution is 2.26. The van der Waals surface area contributed by atoms with Crippen LogP contribution in [0.2, 0.25) is 0 Å². The molecule has 0 heterocycles. The predicted molar refractivity (Wildman–Crippen MR) is 60.4 cm³/mol. The van der Waals surface area contributed by atoms with Gasteiger partial charge in [0.25, 0.3) is 5.91 Å². The molecule has 1 aromatic carbocycles. The van der Waals surface area contributed by atoms with Crippen LogP contribution in [0.25, 0.3) is 0 Å². The molecule has 0 fully saturated rings. The largest absolute Gasteiger partial charge is 0.507 e. The van der Waals surface area contributed by atoms with Crippen LogP contribution in [-0.4, -0.2) is 23.5 Å². The molecule has 0 radical (unpaired) electrons. The minimum Gasteiger partial charge on any atom is -0.507 e. The van der Waals surface area contributed by atoms with Crippen molar-refractivity contribution in [2.24, 2.45) is 0 Å². The van der Waals surface area contributed by atoms with Crippen LogP contribution in [0, 0.1) is 5.82 Å². The summed E-state index contributed by atoms with van der Waals surface area (Å²) in [7, 11) is 0. The molecule has 0 spiro atoms. The third-order valence-electron chi connectivity index (χ3n) is 2.19. The summed E-state index contributed by atoms with van der Waals surface area (Å²) in [6, 6.07) is 1.41. The first-order chi connectivity index (χ1) is 8.31. The van der Waals surface area contributed by atoms with Crippen molar-refractivity contribution >= 4 is 5.91 Å². The van der Waals surface area contributed by atoms with Crippen LogP contribution in [0.15, 0.2) is 12.1 Å². The van der Waals surface area contributed by atoms with E-state index >= 15 is 0 Å². The van der Waals surface area contributed by atoms with Crippen LogP contribution in [-0.2, 0) is 6.42 Å². The number of nitrogens with one attached hydrogen (secondary N) is 1. The molecule has 0 saturated carbocycles. The molecule has 3 nitrogen and oxygen atoms in total. The lowest BCUT2D eigenvalue weighted by atomic mass is 10.0. The molecule has 0 unspecified atom stereocenters. The van der Waals surface area contributed by atoms with E-state index in [-0.39, 0.29) is 17.2 Å². The number of hydrogen-bond acceptors (Lipinski definition) is 2. The summed E-state index contributed by atoms with van der Waals surface area (Å²) in [5.74, 6) is -2.13. The van der Waals surface area contributed by atoms with Crippen molar-refractivity contribution in [3.8, 4) is 5.75 Å². The Morgan fingerprint density at radius 1 is 1.39 bits per heavy atom. The van der Waals surface area contributed by atoms with E-state index in [0.717, 1.165) is 12.1 Å². The van der Waals surface area contributed by atoms with Crippen molar-refractivity contribution < 1.29 is 23.1 Å². The summed E-state index contributed by atoms with van der Waals surface area (Å²) in [5.41, 5.74) is -0.613. The molecule has 2 N–H and O–H groups in total. The first-order valence-electron chi connectivity index (χ1n) is 5.41. The third kappa shape index (κ3) is 3.65. The van der Waals surface area contributed by atoms with Crippen LogP contribution < -0.4 is 5.32 Å². The van der Waals surface area contributed by atoms with Crippen LogP contribution in [0.3, 0.4) is 0 Å². The van der Waals surface area contributed by atoms with Gasteiger partial charge in [0.15, 0.2) is 0 Å². The Hall–Kier alpha value is -1.72. The van der Waals surface area contributed by atoms with Gasteiger partial charge in [-0.25, -0.2) is 13.2 Å². The summed E-state index contributed by atoms with van der Waals surface area (Å²) in [6.07, 6.45) is -3.52. The van der Waals surface area contributed by atoms with Crippen molar-refractivity contribution in [1.29, 1.82) is 0 Å². The van der Waals surface area contributed by atoms with Gasteiger partial charge >= 0.3 is 0 Å². The fourth-order valence-corrected chi connectivity index (χ4v) is 1.49. The molecule has 6 heteroatoms. The fraction of sp³-hybridized carbons (Fsp3) is 0.417. The number of amides is 1. The van der Waals surface area contributed by atoms with Crippen LogP contribution in [0.4, 0.5) is 13.2 Å². The number of phenolic OH excluding ortho intramolecular Hbond substituents is 1. The smallest absolute Gasteiger partial charge is 0.255 e. The van der Waals surface area contributed by atoms with E-state index in [2.05, 4.69) is 5.32 Å². The number of benzene rings is 1. The zero-order valence-electron chi connectivity index (χ0n) is 10.0. The average Bonchev–Trinajstić information content (AvgIpc) is 2.20. The quantitative estimate of drug-likeness (QED) is 0.874. The monoisotopic (exact) mass is 261 g/mol. The Bertz CT molecular complexity index is 447. The molecule has 0 aliphatic carbocycles. The van der Waals surface area contributed by atoms with Crippen LogP contribution in [0.5, 0.6) is 5.75 Å². The van der Waals surface area contributed by atoms with Crippen LogP contribution in [0.1, 0.15) is 29.8 Å². The number of alkyl halides is 2. The highest BCUT2D eigenvalue weighted by molar-refractivity contribution is 5.97. The maximum absolute atomic E-state index is 13.2. The van der Waals surface area contributed by atoms with Gasteiger partial charge in [0.05, 0.1) is 5.56 Å². The van der Waals surface area contributed by atoms with Crippen molar-refractivity contribution in [2.45, 2.75) is 32.7 Å². The second-order valence-electron chi connectivity index (χ2n) is 4.18. The second kappa shape index (κ2) is 5.75. The zero-order valence-corrected chi connectivity index (χ0v) is 10.0. The van der Waals surface area contributed by atoms with E-state index in [9.17, 15) is 23.1 Å². The van der Waals surface area contributed by atoms with Gasteiger partial charge < -0.3 is 10.4 Å². The van der Waals surface area contributed by atoms with E-state index in [1.807, 2.05) is 0 Å². The lowest BCUT2D eigenvalue weighted by Crippen LogP contribution is -2.30. The number of phenols is 1. The van der Waals surface area contributed by atoms with Gasteiger partial charge in [-0.1, -0.05) is 0 Å². The number of hydrogen-bond donors (Lipinski definition) is 2. The molecule has 0 aliphatic rings. The van der Waals surface area contributed by atoms with Gasteiger partial charge in [-0.05, 0) is 26.0 Å². The lowest BCUT2D eigenvalue weighted by Gasteiger charge is -2.12. The Kier molecular flexibility index (Phi) is 4.58. The van der Waals surface area contributed by atoms with Gasteiger partial charge in [-0.3, -0.25) is 4.79 Å². The van der Waals surface area contributed by atoms with Crippen molar-refractivity contribution in [3.05, 3.63) is 29.1 Å². The van der Waals surface area contributed by atoms with E-state index < -0.39 is 30.3 Å². The van der Waals surface area contributed by atoms with Gasteiger partial charge in [0, 0.05) is 18.0 Å². The Morgan fingerprint density at radius 2 is 2.00 bits per heavy atom. The summed E-state index contributed by atoms with van der Waals surface area (Å²) < 4.78 is 37.7. The van der Waals surface area contributed by atoms with Crippen molar-refractivity contribution in [3.63, 3.8) is 0 Å². The minimum atomic E-state index is -2.72. The number of rotatable bonds is 4. The zero-order chi connectivity index (χ0) is 13.9. The fourth-order valence-electron chi connectivity index (χ4n) is 1.49. The van der Waals surface area contributed by atoms with Gasteiger partial charge in [-0.2, -0.15) is 0 Å². The van der Waals surface area contributed by atoms with E-state index in [1.165, 1.54) is 0 Å². The molecule has 0 bridgehead atoms. The molecule has 1 aromatic rings. The van der Waals surface area contributed by atoms with E-state index in [1.54, 1.807) is 13.8 Å². The van der Waals surface area contributed by atoms with Crippen molar-refractivity contribution in [2.75, 3.05) is 0 Å². The standard InChI is InChI=1S/C12H14F3NO2/c1-6(2)16-12(18)9-5-8(13)3-7(11(9)17)4-10(14)15/h3,5-6,10,17H,4H2,1-2H3,(H,16,18). The highest BCUT2D eigenvalue weighted by atomic mass is 19.3. The van der Waals surface area contributed by atoms with E-state index in [0.29, 0.717) is 0 Å². The van der Waals surface area contributed by atoms with Crippen molar-refractivity contribution in [1.82, 2.24) is 5.32 Å². The SMILES string of the molecule is CC(C)NC(=O)c1cc(F)cc(CC(F)F)c1O. The molecule has 100 valence electrons. The van der Waals surface area contributed by atoms with Gasteiger partial charge in [0.1, 0.15) is 11.6 Å². The molecule has 1 rings (SSSR count). The second-order valence-corrected chi connectivity index (χ2v) is 4.18. The highest BCUT2D eigenvalue weighted by Gasteiger charge is 2.19. The summed E-state index contributed by atoms with van der Waals surface area (Å²) in [5, 5.41) is 12.1. The average molecular weight is 261 g/mol. The molecular formula is C12H14F3NO2. The Morgan fingerprint density at radius 3 is 2.50 bits per heavy atom. The number of carbonyl (C=O) groups is 1. The molecule has 0 saturated heterocycles. The topological polar surface area (TPSA) is 49.3 Å². The summed E-state index contributed by atoms with van der Waals surface area (Å²) in [4.78, 5) is 11.6. The molecule has 0 aromatic heterocycles. The number of halogens is 3. The van der Waals surface area contributed by atoms with Gasteiger partial charge in [-0.15, -0.1) is 0 Å². The minimum absolute atomic E-state index is 0.210. The maximum Gasteiger partial charge on any atom is 0.255 e. The molecule has 0 aliphatic heterocycles. The Labute approximate surface area is 103 Å². The predicted octanol–water partition coefficient (Wildman–Crippen LogP) is 2.48. The molecule has 1 amide bonds. The Balaban J connectivity index is 3.12. The summed E-state index contributed by atoms with van der Waals surface area (Å²) in [6.45, 7) is 3.38. The third-order valence-corrected chi connectivity index (χ3v) is 2.19. The van der Waals surface area contributed by atoms with Crippen LogP contribution >= 0.6 is 0 Å². The maximum atomic E-state index is 13.2. The molecular weight excluding hydrogens is 247 g/mol.